The molecule has 1 aromatic carbocycles. The molecule has 0 bridgehead atoms. The highest BCUT2D eigenvalue weighted by Gasteiger charge is 2.26. The topological polar surface area (TPSA) is 21.3 Å². The highest BCUT2D eigenvalue weighted by atomic mass is 16.5. The summed E-state index contributed by atoms with van der Waals surface area (Å²) in [6.07, 6.45) is 6.96. The lowest BCUT2D eigenvalue weighted by atomic mass is 10.2. The van der Waals surface area contributed by atoms with Crippen molar-refractivity contribution in [2.45, 2.75) is 25.8 Å². The summed E-state index contributed by atoms with van der Waals surface area (Å²) in [7, 11) is 0. The molecule has 1 N–H and O–H groups in total. The molecule has 2 nitrogen and oxygen atoms in total. The number of nitrogens with one attached hydrogen (secondary N) is 1. The van der Waals surface area contributed by atoms with Gasteiger partial charge in [-0.05, 0) is 31.2 Å². The summed E-state index contributed by atoms with van der Waals surface area (Å²) in [5.41, 5.74) is 1.22. The average Bonchev–Trinajstić information content (AvgIpc) is 3.23. The summed E-state index contributed by atoms with van der Waals surface area (Å²) in [5, 5.41) is 3.50. The Morgan fingerprint density at radius 2 is 2.11 bits per heavy atom. The highest BCUT2D eigenvalue weighted by Crippen LogP contribution is 2.32. The van der Waals surface area contributed by atoms with Crippen LogP contribution < -0.4 is 5.32 Å². The van der Waals surface area contributed by atoms with Gasteiger partial charge in [0.2, 0.25) is 0 Å². The molecule has 1 aliphatic carbocycles. The van der Waals surface area contributed by atoms with E-state index < -0.39 is 0 Å². The van der Waals surface area contributed by atoms with Crippen LogP contribution in [0, 0.1) is 5.92 Å². The van der Waals surface area contributed by atoms with Gasteiger partial charge in [-0.2, -0.15) is 0 Å². The molecular weight excluding hydrogens is 222 g/mol. The maximum absolute atomic E-state index is 5.56. The predicted octanol–water partition coefficient (Wildman–Crippen LogP) is 3.10. The first-order valence-electron chi connectivity index (χ1n) is 6.89. The number of benzene rings is 1. The third-order valence-electron chi connectivity index (χ3n) is 3.37. The van der Waals surface area contributed by atoms with Gasteiger partial charge in [-0.3, -0.25) is 0 Å². The van der Waals surface area contributed by atoms with Crippen molar-refractivity contribution in [2.24, 2.45) is 5.92 Å². The molecule has 1 saturated carbocycles. The van der Waals surface area contributed by atoms with E-state index in [1.807, 2.05) is 18.2 Å². The van der Waals surface area contributed by atoms with Gasteiger partial charge in [-0.1, -0.05) is 42.5 Å². The van der Waals surface area contributed by atoms with E-state index in [1.54, 1.807) is 0 Å². The molecule has 0 radical (unpaired) electrons. The Morgan fingerprint density at radius 3 is 2.83 bits per heavy atom. The van der Waals surface area contributed by atoms with Crippen molar-refractivity contribution in [3.8, 4) is 0 Å². The van der Waals surface area contributed by atoms with Crippen LogP contribution in [0.2, 0.25) is 0 Å². The first kappa shape index (κ1) is 13.3. The fourth-order valence-electron chi connectivity index (χ4n) is 2.02. The maximum Gasteiger partial charge on any atom is 0.0651 e. The first-order chi connectivity index (χ1) is 8.86. The quantitative estimate of drug-likeness (QED) is 0.711. The summed E-state index contributed by atoms with van der Waals surface area (Å²) < 4.78 is 5.56. The molecule has 1 fully saturated rings. The summed E-state index contributed by atoms with van der Waals surface area (Å²) in [4.78, 5) is 0. The molecule has 18 heavy (non-hydrogen) atoms. The SMILES string of the molecule is CC(NCCOCC=Cc1ccccc1)C1CC1. The van der Waals surface area contributed by atoms with Crippen molar-refractivity contribution in [2.75, 3.05) is 19.8 Å². The van der Waals surface area contributed by atoms with Crippen molar-refractivity contribution in [1.29, 1.82) is 0 Å². The van der Waals surface area contributed by atoms with Crippen LogP contribution in [0.3, 0.4) is 0 Å². The third kappa shape index (κ3) is 5.03. The van der Waals surface area contributed by atoms with Gasteiger partial charge < -0.3 is 10.1 Å². The molecule has 1 aromatic rings. The van der Waals surface area contributed by atoms with E-state index in [9.17, 15) is 0 Å². The van der Waals surface area contributed by atoms with Crippen molar-refractivity contribution in [1.82, 2.24) is 5.32 Å². The van der Waals surface area contributed by atoms with Crippen LogP contribution in [-0.2, 0) is 4.74 Å². The van der Waals surface area contributed by atoms with Crippen LogP contribution in [0.25, 0.3) is 6.08 Å². The molecule has 1 unspecified atom stereocenters. The summed E-state index contributed by atoms with van der Waals surface area (Å²) in [6.45, 7) is 4.70. The maximum atomic E-state index is 5.56. The second-order valence-corrected chi connectivity index (χ2v) is 4.97. The van der Waals surface area contributed by atoms with Crippen LogP contribution in [0.1, 0.15) is 25.3 Å². The molecule has 98 valence electrons. The van der Waals surface area contributed by atoms with Crippen LogP contribution in [-0.4, -0.2) is 25.8 Å². The minimum Gasteiger partial charge on any atom is -0.376 e. The van der Waals surface area contributed by atoms with Crippen molar-refractivity contribution < 1.29 is 4.74 Å². The zero-order valence-electron chi connectivity index (χ0n) is 11.1. The van der Waals surface area contributed by atoms with E-state index >= 15 is 0 Å². The molecule has 2 heteroatoms. The summed E-state index contributed by atoms with van der Waals surface area (Å²) >= 11 is 0. The van der Waals surface area contributed by atoms with E-state index in [0.29, 0.717) is 12.6 Å². The minimum atomic E-state index is 0.661. The molecule has 1 aliphatic rings. The normalized spacial score (nSPS) is 17.2. The average molecular weight is 245 g/mol. The van der Waals surface area contributed by atoms with Gasteiger partial charge >= 0.3 is 0 Å². The Hall–Kier alpha value is -1.12. The molecule has 0 amide bonds. The third-order valence-corrected chi connectivity index (χ3v) is 3.37. The lowest BCUT2D eigenvalue weighted by Gasteiger charge is -2.11. The summed E-state index contributed by atoms with van der Waals surface area (Å²) in [6, 6.07) is 11.0. The van der Waals surface area contributed by atoms with E-state index in [1.165, 1.54) is 18.4 Å². The lowest BCUT2D eigenvalue weighted by molar-refractivity contribution is 0.161. The molecule has 0 aromatic heterocycles. The molecule has 0 aliphatic heterocycles. The Kier molecular flexibility index (Phi) is 5.43. The van der Waals surface area contributed by atoms with E-state index in [-0.39, 0.29) is 0 Å². The Bertz CT molecular complexity index is 357. The second kappa shape index (κ2) is 7.34. The van der Waals surface area contributed by atoms with Crippen LogP contribution >= 0.6 is 0 Å². The molecule has 2 rings (SSSR count). The van der Waals surface area contributed by atoms with E-state index in [0.717, 1.165) is 19.1 Å². The second-order valence-electron chi connectivity index (χ2n) is 4.97. The van der Waals surface area contributed by atoms with Gasteiger partial charge in [0, 0.05) is 12.6 Å². The van der Waals surface area contributed by atoms with Crippen LogP contribution in [0.15, 0.2) is 36.4 Å². The van der Waals surface area contributed by atoms with Gasteiger partial charge in [0.15, 0.2) is 0 Å². The smallest absolute Gasteiger partial charge is 0.0651 e. The fourth-order valence-corrected chi connectivity index (χ4v) is 2.02. The zero-order chi connectivity index (χ0) is 12.6. The van der Waals surface area contributed by atoms with Crippen molar-refractivity contribution in [3.05, 3.63) is 42.0 Å². The highest BCUT2D eigenvalue weighted by molar-refractivity contribution is 5.48. The largest absolute Gasteiger partial charge is 0.376 e. The minimum absolute atomic E-state index is 0.661. The Labute approximate surface area is 110 Å². The Balaban J connectivity index is 1.49. The van der Waals surface area contributed by atoms with Gasteiger partial charge in [0.05, 0.1) is 13.2 Å². The Morgan fingerprint density at radius 1 is 1.33 bits per heavy atom. The monoisotopic (exact) mass is 245 g/mol. The van der Waals surface area contributed by atoms with Gasteiger partial charge in [0.1, 0.15) is 0 Å². The van der Waals surface area contributed by atoms with Gasteiger partial charge in [-0.15, -0.1) is 0 Å². The molecule has 0 saturated heterocycles. The zero-order valence-corrected chi connectivity index (χ0v) is 11.1. The lowest BCUT2D eigenvalue weighted by Crippen LogP contribution is -2.31. The number of rotatable bonds is 8. The van der Waals surface area contributed by atoms with Crippen molar-refractivity contribution >= 4 is 6.08 Å². The number of hydrogen-bond donors (Lipinski definition) is 1. The van der Waals surface area contributed by atoms with Crippen LogP contribution in [0.4, 0.5) is 0 Å². The van der Waals surface area contributed by atoms with Crippen molar-refractivity contribution in [3.63, 3.8) is 0 Å². The standard InChI is InChI=1S/C16H23NO/c1-14(16-9-10-16)17-11-13-18-12-5-8-15-6-3-2-4-7-15/h2-8,14,16-17H,9-13H2,1H3. The number of ether oxygens (including phenoxy) is 1. The molecule has 1 atom stereocenters. The van der Waals surface area contributed by atoms with Gasteiger partial charge in [-0.25, -0.2) is 0 Å². The van der Waals surface area contributed by atoms with E-state index in [2.05, 4.69) is 36.5 Å². The van der Waals surface area contributed by atoms with Gasteiger partial charge in [0.25, 0.3) is 0 Å². The molecule has 0 heterocycles. The molecular formula is C16H23NO. The predicted molar refractivity (Wildman–Crippen MR) is 76.5 cm³/mol. The van der Waals surface area contributed by atoms with E-state index in [4.69, 9.17) is 4.74 Å². The molecule has 0 spiro atoms. The number of hydrogen-bond acceptors (Lipinski definition) is 2. The van der Waals surface area contributed by atoms with Crippen LogP contribution in [0.5, 0.6) is 0 Å². The first-order valence-corrected chi connectivity index (χ1v) is 6.89. The summed E-state index contributed by atoms with van der Waals surface area (Å²) in [5.74, 6) is 0.919. The fraction of sp³-hybridized carbons (Fsp3) is 0.500.